The Balaban J connectivity index is 2.42. The van der Waals surface area contributed by atoms with E-state index in [1.165, 1.54) is 11.1 Å². The van der Waals surface area contributed by atoms with Crippen LogP contribution in [-0.2, 0) is 13.5 Å². The number of likely N-dealkylation sites (N-methyl/N-ethyl adjacent to an activating group) is 1. The highest BCUT2D eigenvalue weighted by molar-refractivity contribution is 5.77. The number of aryl methyl sites for hydroxylation is 1. The van der Waals surface area contributed by atoms with E-state index in [0.717, 1.165) is 24.3 Å². The van der Waals surface area contributed by atoms with Gasteiger partial charge in [0.1, 0.15) is 5.82 Å². The van der Waals surface area contributed by atoms with Crippen LogP contribution >= 0.6 is 0 Å². The molecule has 2 rings (SSSR count). The third-order valence-corrected chi connectivity index (χ3v) is 3.26. The van der Waals surface area contributed by atoms with Crippen molar-refractivity contribution in [3.05, 3.63) is 29.6 Å². The first-order valence-corrected chi connectivity index (χ1v) is 6.23. The lowest BCUT2D eigenvalue weighted by Crippen LogP contribution is -2.12. The van der Waals surface area contributed by atoms with Crippen LogP contribution in [-0.4, -0.2) is 23.1 Å². The zero-order chi connectivity index (χ0) is 12.4. The van der Waals surface area contributed by atoms with Crippen molar-refractivity contribution in [3.63, 3.8) is 0 Å². The van der Waals surface area contributed by atoms with Crippen LogP contribution in [0.25, 0.3) is 11.0 Å². The number of hydrogen-bond acceptors (Lipinski definition) is 2. The Morgan fingerprint density at radius 2 is 2.12 bits per heavy atom. The molecule has 0 saturated carbocycles. The van der Waals surface area contributed by atoms with Crippen molar-refractivity contribution in [1.82, 2.24) is 14.9 Å². The summed E-state index contributed by atoms with van der Waals surface area (Å²) in [6.45, 7) is 5.40. The molecule has 1 heterocycles. The van der Waals surface area contributed by atoms with Crippen LogP contribution in [0.2, 0.25) is 0 Å². The van der Waals surface area contributed by atoms with E-state index < -0.39 is 0 Å². The Morgan fingerprint density at radius 3 is 2.76 bits per heavy atom. The molecule has 3 heteroatoms. The van der Waals surface area contributed by atoms with Crippen molar-refractivity contribution in [2.24, 2.45) is 7.05 Å². The van der Waals surface area contributed by atoms with Crippen LogP contribution in [0.15, 0.2) is 18.2 Å². The zero-order valence-corrected chi connectivity index (χ0v) is 11.1. The topological polar surface area (TPSA) is 29.9 Å². The van der Waals surface area contributed by atoms with E-state index in [-0.39, 0.29) is 0 Å². The maximum atomic E-state index is 4.72. The molecule has 1 N–H and O–H groups in total. The van der Waals surface area contributed by atoms with Gasteiger partial charge >= 0.3 is 0 Å². The maximum absolute atomic E-state index is 4.72. The Hall–Kier alpha value is -1.35. The number of nitrogens with zero attached hydrogens (tertiary/aromatic N) is 2. The van der Waals surface area contributed by atoms with Crippen molar-refractivity contribution in [1.29, 1.82) is 0 Å². The fourth-order valence-corrected chi connectivity index (χ4v) is 2.09. The second kappa shape index (κ2) is 4.88. The standard InChI is InChI=1S/C14H21N3/c1-10(2)11-5-6-13-12(9-11)16-14(17(13)4)7-8-15-3/h5-6,9-10,15H,7-8H2,1-4H3. The molecule has 0 fully saturated rings. The lowest BCUT2D eigenvalue weighted by molar-refractivity contribution is 0.726. The predicted octanol–water partition coefficient (Wildman–Crippen LogP) is 2.46. The summed E-state index contributed by atoms with van der Waals surface area (Å²) in [6.07, 6.45) is 0.971. The third kappa shape index (κ3) is 2.34. The highest BCUT2D eigenvalue weighted by Crippen LogP contribution is 2.21. The second-order valence-electron chi connectivity index (χ2n) is 4.84. The number of nitrogens with one attached hydrogen (secondary N) is 1. The molecular formula is C14H21N3. The van der Waals surface area contributed by atoms with Gasteiger partial charge in [-0.25, -0.2) is 4.98 Å². The predicted molar refractivity (Wildman–Crippen MR) is 72.4 cm³/mol. The Bertz CT molecular complexity index is 511. The van der Waals surface area contributed by atoms with Gasteiger partial charge in [0, 0.05) is 20.0 Å². The van der Waals surface area contributed by atoms with Gasteiger partial charge in [0.15, 0.2) is 0 Å². The van der Waals surface area contributed by atoms with Crippen molar-refractivity contribution >= 4 is 11.0 Å². The number of benzene rings is 1. The van der Waals surface area contributed by atoms with Crippen LogP contribution in [0.3, 0.4) is 0 Å². The quantitative estimate of drug-likeness (QED) is 0.876. The van der Waals surface area contributed by atoms with Gasteiger partial charge < -0.3 is 9.88 Å². The lowest BCUT2D eigenvalue weighted by atomic mass is 10.0. The van der Waals surface area contributed by atoms with Crippen LogP contribution in [0.4, 0.5) is 0 Å². The van der Waals surface area contributed by atoms with E-state index >= 15 is 0 Å². The molecule has 0 bridgehead atoms. The van der Waals surface area contributed by atoms with Gasteiger partial charge in [-0.2, -0.15) is 0 Å². The Morgan fingerprint density at radius 1 is 1.35 bits per heavy atom. The molecule has 0 saturated heterocycles. The highest BCUT2D eigenvalue weighted by Gasteiger charge is 2.08. The minimum atomic E-state index is 0.558. The van der Waals surface area contributed by atoms with Gasteiger partial charge in [-0.1, -0.05) is 19.9 Å². The fraction of sp³-hybridized carbons (Fsp3) is 0.500. The molecule has 1 aromatic heterocycles. The van der Waals surface area contributed by atoms with Crippen molar-refractivity contribution in [2.45, 2.75) is 26.2 Å². The van der Waals surface area contributed by atoms with Gasteiger partial charge in [0.25, 0.3) is 0 Å². The number of fused-ring (bicyclic) bond motifs is 1. The summed E-state index contributed by atoms with van der Waals surface area (Å²) < 4.78 is 2.19. The van der Waals surface area contributed by atoms with E-state index in [4.69, 9.17) is 4.98 Å². The molecule has 0 radical (unpaired) electrons. The van der Waals surface area contributed by atoms with Crippen molar-refractivity contribution < 1.29 is 0 Å². The molecule has 0 spiro atoms. The first-order chi connectivity index (χ1) is 8.13. The molecule has 3 nitrogen and oxygen atoms in total. The monoisotopic (exact) mass is 231 g/mol. The molecule has 0 amide bonds. The summed E-state index contributed by atoms with van der Waals surface area (Å²) in [5, 5.41) is 3.16. The summed E-state index contributed by atoms with van der Waals surface area (Å²) in [4.78, 5) is 4.72. The van der Waals surface area contributed by atoms with Crippen LogP contribution in [0.1, 0.15) is 31.2 Å². The summed E-state index contributed by atoms with van der Waals surface area (Å²) in [7, 11) is 4.06. The Labute approximate surface area is 103 Å². The number of hydrogen-bond donors (Lipinski definition) is 1. The highest BCUT2D eigenvalue weighted by atomic mass is 15.1. The first kappa shape index (κ1) is 12.1. The van der Waals surface area contributed by atoms with Crippen LogP contribution in [0, 0.1) is 0 Å². The third-order valence-electron chi connectivity index (χ3n) is 3.26. The van der Waals surface area contributed by atoms with Gasteiger partial charge in [-0.05, 0) is 30.7 Å². The van der Waals surface area contributed by atoms with E-state index in [1.54, 1.807) is 0 Å². The van der Waals surface area contributed by atoms with E-state index in [2.05, 4.69) is 49.0 Å². The molecule has 1 aromatic carbocycles. The van der Waals surface area contributed by atoms with E-state index in [9.17, 15) is 0 Å². The average molecular weight is 231 g/mol. The molecule has 0 aliphatic rings. The normalized spacial score (nSPS) is 11.6. The number of aromatic nitrogens is 2. The first-order valence-electron chi connectivity index (χ1n) is 6.23. The Kier molecular flexibility index (Phi) is 3.48. The van der Waals surface area contributed by atoms with Crippen LogP contribution in [0.5, 0.6) is 0 Å². The molecule has 0 aliphatic carbocycles. The number of imidazole rings is 1. The van der Waals surface area contributed by atoms with E-state index in [0.29, 0.717) is 5.92 Å². The molecule has 0 aliphatic heterocycles. The maximum Gasteiger partial charge on any atom is 0.110 e. The largest absolute Gasteiger partial charge is 0.331 e. The van der Waals surface area contributed by atoms with Gasteiger partial charge in [-0.15, -0.1) is 0 Å². The summed E-state index contributed by atoms with van der Waals surface area (Å²) in [5.74, 6) is 1.71. The minimum Gasteiger partial charge on any atom is -0.331 e. The van der Waals surface area contributed by atoms with Gasteiger partial charge in [0.2, 0.25) is 0 Å². The molecule has 17 heavy (non-hydrogen) atoms. The molecule has 2 aromatic rings. The average Bonchev–Trinajstić information content (AvgIpc) is 2.63. The molecule has 0 atom stereocenters. The molecular weight excluding hydrogens is 210 g/mol. The molecule has 92 valence electrons. The fourth-order valence-electron chi connectivity index (χ4n) is 2.09. The van der Waals surface area contributed by atoms with Gasteiger partial charge in [-0.3, -0.25) is 0 Å². The summed E-state index contributed by atoms with van der Waals surface area (Å²) in [5.41, 5.74) is 3.70. The van der Waals surface area contributed by atoms with Crippen molar-refractivity contribution in [2.75, 3.05) is 13.6 Å². The van der Waals surface area contributed by atoms with E-state index in [1.807, 2.05) is 7.05 Å². The zero-order valence-electron chi connectivity index (χ0n) is 11.1. The van der Waals surface area contributed by atoms with Gasteiger partial charge in [0.05, 0.1) is 11.0 Å². The number of rotatable bonds is 4. The SMILES string of the molecule is CNCCc1nc2cc(C(C)C)ccc2n1C. The summed E-state index contributed by atoms with van der Waals surface area (Å²) >= 11 is 0. The molecule has 0 unspecified atom stereocenters. The van der Waals surface area contributed by atoms with Crippen molar-refractivity contribution in [3.8, 4) is 0 Å². The lowest BCUT2D eigenvalue weighted by Gasteiger charge is -2.04. The minimum absolute atomic E-state index is 0.558. The smallest absolute Gasteiger partial charge is 0.110 e. The summed E-state index contributed by atoms with van der Waals surface area (Å²) in [6, 6.07) is 6.60. The van der Waals surface area contributed by atoms with Crippen LogP contribution < -0.4 is 5.32 Å². The second-order valence-corrected chi connectivity index (χ2v) is 4.84.